The summed E-state index contributed by atoms with van der Waals surface area (Å²) < 4.78 is 0. The summed E-state index contributed by atoms with van der Waals surface area (Å²) in [6.45, 7) is 3.29. The molecule has 3 amide bonds. The highest BCUT2D eigenvalue weighted by Crippen LogP contribution is 2.12. The van der Waals surface area contributed by atoms with Crippen molar-refractivity contribution < 1.29 is 9.59 Å². The maximum Gasteiger partial charge on any atom is 0.316 e. The lowest BCUT2D eigenvalue weighted by molar-refractivity contribution is 0.0664. The summed E-state index contributed by atoms with van der Waals surface area (Å²) >= 11 is 0. The van der Waals surface area contributed by atoms with Crippen LogP contribution in [0.4, 0.5) is 10.5 Å². The van der Waals surface area contributed by atoms with Gasteiger partial charge in [-0.2, -0.15) is 0 Å². The lowest BCUT2D eigenvalue weighted by atomic mass is 10.1. The van der Waals surface area contributed by atoms with Gasteiger partial charge in [0.2, 0.25) is 0 Å². The number of amides is 3. The van der Waals surface area contributed by atoms with Gasteiger partial charge >= 0.3 is 6.03 Å². The van der Waals surface area contributed by atoms with E-state index in [1.54, 1.807) is 24.3 Å². The van der Waals surface area contributed by atoms with E-state index < -0.39 is 6.03 Å². The molecule has 1 aromatic rings. The van der Waals surface area contributed by atoms with E-state index in [1.165, 1.54) is 0 Å². The molecule has 6 heteroatoms. The van der Waals surface area contributed by atoms with Gasteiger partial charge in [-0.1, -0.05) is 0 Å². The minimum atomic E-state index is -0.613. The summed E-state index contributed by atoms with van der Waals surface area (Å²) in [6, 6.07) is 6.14. The predicted octanol–water partition coefficient (Wildman–Crippen LogP) is 0.565. The topological polar surface area (TPSA) is 78.7 Å². The lowest BCUT2D eigenvalue weighted by Gasteiger charge is -2.32. The number of nitrogens with one attached hydrogen (secondary N) is 1. The summed E-state index contributed by atoms with van der Waals surface area (Å²) in [5.74, 6) is 0.0266. The molecule has 102 valence electrons. The van der Waals surface area contributed by atoms with Gasteiger partial charge in [-0.05, 0) is 31.3 Å². The van der Waals surface area contributed by atoms with Gasteiger partial charge in [-0.3, -0.25) is 4.79 Å². The van der Waals surface area contributed by atoms with Gasteiger partial charge in [0, 0.05) is 37.4 Å². The molecule has 0 spiro atoms. The normalized spacial score (nSPS) is 16.2. The van der Waals surface area contributed by atoms with Crippen LogP contribution in [0.25, 0.3) is 0 Å². The van der Waals surface area contributed by atoms with Gasteiger partial charge in [-0.25, -0.2) is 4.79 Å². The molecular formula is C13H18N4O2. The summed E-state index contributed by atoms with van der Waals surface area (Å²) in [5, 5.41) is 2.46. The predicted molar refractivity (Wildman–Crippen MR) is 73.0 cm³/mol. The van der Waals surface area contributed by atoms with Crippen LogP contribution in [0.3, 0.4) is 0 Å². The van der Waals surface area contributed by atoms with Crippen LogP contribution in [0, 0.1) is 0 Å². The maximum atomic E-state index is 12.2. The molecule has 3 N–H and O–H groups in total. The number of hydrogen-bond donors (Lipinski definition) is 2. The van der Waals surface area contributed by atoms with E-state index >= 15 is 0 Å². The van der Waals surface area contributed by atoms with Gasteiger partial charge in [0.25, 0.3) is 5.91 Å². The molecule has 1 heterocycles. The molecule has 0 aromatic heterocycles. The second kappa shape index (κ2) is 5.71. The van der Waals surface area contributed by atoms with Gasteiger partial charge in [0.05, 0.1) is 0 Å². The number of likely N-dealkylation sites (N-methyl/N-ethyl adjacent to an activating group) is 1. The van der Waals surface area contributed by atoms with E-state index in [1.807, 2.05) is 11.9 Å². The standard InChI is InChI=1S/C13H18N4O2/c1-16-6-8-17(9-7-16)12(18)10-2-4-11(5-3-10)15-13(14)19/h2-5H,6-9H2,1H3,(H3,14,15,19). The number of carbonyl (C=O) groups is 2. The number of benzene rings is 1. The number of urea groups is 1. The molecule has 1 aliphatic rings. The van der Waals surface area contributed by atoms with Crippen LogP contribution in [0.5, 0.6) is 0 Å². The highest BCUT2D eigenvalue weighted by atomic mass is 16.2. The molecule has 0 unspecified atom stereocenters. The fraction of sp³-hybridized carbons (Fsp3) is 0.385. The van der Waals surface area contributed by atoms with E-state index in [9.17, 15) is 9.59 Å². The molecule has 0 radical (unpaired) electrons. The van der Waals surface area contributed by atoms with Crippen molar-refractivity contribution in [2.24, 2.45) is 5.73 Å². The van der Waals surface area contributed by atoms with Gasteiger partial charge < -0.3 is 20.9 Å². The fourth-order valence-electron chi connectivity index (χ4n) is 2.03. The molecule has 1 fully saturated rings. The first kappa shape index (κ1) is 13.4. The first-order valence-corrected chi connectivity index (χ1v) is 6.20. The Labute approximate surface area is 112 Å². The van der Waals surface area contributed by atoms with Crippen LogP contribution in [0.2, 0.25) is 0 Å². The third kappa shape index (κ3) is 3.45. The molecule has 6 nitrogen and oxygen atoms in total. The first-order valence-electron chi connectivity index (χ1n) is 6.20. The smallest absolute Gasteiger partial charge is 0.316 e. The highest BCUT2D eigenvalue weighted by Gasteiger charge is 2.20. The molecule has 0 saturated carbocycles. The van der Waals surface area contributed by atoms with Crippen molar-refractivity contribution in [3.63, 3.8) is 0 Å². The Bertz CT molecular complexity index is 464. The second-order valence-corrected chi connectivity index (χ2v) is 4.66. The number of rotatable bonds is 2. The lowest BCUT2D eigenvalue weighted by Crippen LogP contribution is -2.47. The Morgan fingerprint density at radius 1 is 1.11 bits per heavy atom. The minimum Gasteiger partial charge on any atom is -0.351 e. The van der Waals surface area contributed by atoms with Crippen molar-refractivity contribution in [3.8, 4) is 0 Å². The molecule has 0 atom stereocenters. The van der Waals surface area contributed by atoms with Crippen LogP contribution < -0.4 is 11.1 Å². The summed E-state index contributed by atoms with van der Waals surface area (Å²) in [6.07, 6.45) is 0. The van der Waals surface area contributed by atoms with E-state index in [0.717, 1.165) is 26.2 Å². The molecule has 1 saturated heterocycles. The van der Waals surface area contributed by atoms with Crippen LogP contribution in [-0.2, 0) is 0 Å². The molecule has 0 aliphatic carbocycles. The van der Waals surface area contributed by atoms with Gasteiger partial charge in [0.15, 0.2) is 0 Å². The summed E-state index contributed by atoms with van der Waals surface area (Å²) in [4.78, 5) is 27.0. The quantitative estimate of drug-likeness (QED) is 0.817. The third-order valence-corrected chi connectivity index (χ3v) is 3.19. The van der Waals surface area contributed by atoms with E-state index in [2.05, 4.69) is 10.2 Å². The third-order valence-electron chi connectivity index (χ3n) is 3.19. The van der Waals surface area contributed by atoms with Crippen LogP contribution >= 0.6 is 0 Å². The summed E-state index contributed by atoms with van der Waals surface area (Å²) in [7, 11) is 2.05. The molecular weight excluding hydrogens is 244 g/mol. The first-order chi connectivity index (χ1) is 9.06. The van der Waals surface area contributed by atoms with E-state index in [-0.39, 0.29) is 5.91 Å². The molecule has 1 aromatic carbocycles. The molecule has 0 bridgehead atoms. The highest BCUT2D eigenvalue weighted by molar-refractivity contribution is 5.95. The fourth-order valence-corrected chi connectivity index (χ4v) is 2.03. The van der Waals surface area contributed by atoms with Crippen LogP contribution in [0.15, 0.2) is 24.3 Å². The molecule has 1 aliphatic heterocycles. The van der Waals surface area contributed by atoms with Crippen molar-refractivity contribution in [1.29, 1.82) is 0 Å². The minimum absolute atomic E-state index is 0.0266. The van der Waals surface area contributed by atoms with Crippen molar-refractivity contribution in [2.45, 2.75) is 0 Å². The Balaban J connectivity index is 2.01. The number of nitrogens with two attached hydrogens (primary N) is 1. The summed E-state index contributed by atoms with van der Waals surface area (Å²) in [5.41, 5.74) is 6.23. The van der Waals surface area contributed by atoms with Crippen molar-refractivity contribution in [3.05, 3.63) is 29.8 Å². The van der Waals surface area contributed by atoms with Crippen LogP contribution in [-0.4, -0.2) is 55.0 Å². The maximum absolute atomic E-state index is 12.2. The Hall–Kier alpha value is -2.08. The number of carbonyl (C=O) groups excluding carboxylic acids is 2. The van der Waals surface area contributed by atoms with Crippen molar-refractivity contribution >= 4 is 17.6 Å². The number of piperazine rings is 1. The van der Waals surface area contributed by atoms with E-state index in [4.69, 9.17) is 5.73 Å². The largest absolute Gasteiger partial charge is 0.351 e. The van der Waals surface area contributed by atoms with Crippen molar-refractivity contribution in [2.75, 3.05) is 38.5 Å². The zero-order valence-electron chi connectivity index (χ0n) is 10.9. The number of anilines is 1. The Kier molecular flexibility index (Phi) is 4.01. The average molecular weight is 262 g/mol. The van der Waals surface area contributed by atoms with Gasteiger partial charge in [-0.15, -0.1) is 0 Å². The average Bonchev–Trinajstić information content (AvgIpc) is 2.39. The van der Waals surface area contributed by atoms with Crippen LogP contribution in [0.1, 0.15) is 10.4 Å². The Morgan fingerprint density at radius 2 is 1.68 bits per heavy atom. The zero-order chi connectivity index (χ0) is 13.8. The number of primary amides is 1. The second-order valence-electron chi connectivity index (χ2n) is 4.66. The van der Waals surface area contributed by atoms with Gasteiger partial charge in [0.1, 0.15) is 0 Å². The van der Waals surface area contributed by atoms with E-state index in [0.29, 0.717) is 11.3 Å². The SMILES string of the molecule is CN1CCN(C(=O)c2ccc(NC(N)=O)cc2)CC1. The monoisotopic (exact) mass is 262 g/mol. The number of hydrogen-bond acceptors (Lipinski definition) is 3. The zero-order valence-corrected chi connectivity index (χ0v) is 10.9. The van der Waals surface area contributed by atoms with Crippen molar-refractivity contribution in [1.82, 2.24) is 9.80 Å². The molecule has 2 rings (SSSR count). The molecule has 19 heavy (non-hydrogen) atoms. The number of nitrogens with zero attached hydrogens (tertiary/aromatic N) is 2. The Morgan fingerprint density at radius 3 is 2.21 bits per heavy atom.